The van der Waals surface area contributed by atoms with Gasteiger partial charge in [0.15, 0.2) is 0 Å². The van der Waals surface area contributed by atoms with Crippen LogP contribution in [0.2, 0.25) is 0 Å². The maximum Gasteiger partial charge on any atom is 0.246 e. The lowest BCUT2D eigenvalue weighted by atomic mass is 9.77. The zero-order chi connectivity index (χ0) is 38.3. The van der Waals surface area contributed by atoms with Gasteiger partial charge >= 0.3 is 0 Å². The maximum absolute atomic E-state index is 13.4. The summed E-state index contributed by atoms with van der Waals surface area (Å²) in [5, 5.41) is 25.3. The first-order chi connectivity index (χ1) is 25.7. The number of methoxy groups -OCH3 is 1. The van der Waals surface area contributed by atoms with Crippen LogP contribution in [0.5, 0.6) is 5.75 Å². The van der Waals surface area contributed by atoms with Crippen molar-refractivity contribution in [2.75, 3.05) is 59.8 Å². The van der Waals surface area contributed by atoms with Crippen molar-refractivity contribution in [1.29, 1.82) is 0 Å². The summed E-state index contributed by atoms with van der Waals surface area (Å²) < 4.78 is 16.0. The highest BCUT2D eigenvalue weighted by Gasteiger charge is 2.36. The maximum atomic E-state index is 13.4. The van der Waals surface area contributed by atoms with E-state index in [-0.39, 0.29) is 45.4 Å². The molecule has 0 spiro atoms. The monoisotopic (exact) mass is 731 g/mol. The van der Waals surface area contributed by atoms with Gasteiger partial charge in [0, 0.05) is 18.0 Å². The molecule has 0 fully saturated rings. The summed E-state index contributed by atoms with van der Waals surface area (Å²) in [5.41, 5.74) is 10.7. The lowest BCUT2D eigenvalue weighted by molar-refractivity contribution is -0.134. The Morgan fingerprint density at radius 3 is 2.02 bits per heavy atom. The van der Waals surface area contributed by atoms with Crippen molar-refractivity contribution < 1.29 is 33.7 Å². The first kappa shape index (κ1) is 42.4. The van der Waals surface area contributed by atoms with Crippen LogP contribution in [0, 0.1) is 5.92 Å². The molecule has 3 aromatic rings. The molecule has 2 unspecified atom stereocenters. The lowest BCUT2D eigenvalue weighted by Crippen LogP contribution is -2.52. The van der Waals surface area contributed by atoms with E-state index in [1.807, 2.05) is 62.4 Å². The molecule has 2 atom stereocenters. The van der Waals surface area contributed by atoms with Gasteiger partial charge in [0.05, 0.1) is 38.5 Å². The third kappa shape index (κ3) is 13.8. The standard InChI is InChI=1S/C39H53N7O7/c1-29(2)35(26-47)45-38(50)34(44-37(49)28-53-27-36(48)41-22-24-52-25-23-43-46-40)16-10-11-21-42-39(30-12-6-4-7-13-30,31-14-8-5-9-15-31)32-17-19-33(51-3)20-18-32/h4-9,12-15,17-20,29,34-35,42,47H,10-11,16,21-28H2,1-3H3,(H,41,48)(H,44,49)(H,45,50). The predicted molar refractivity (Wildman–Crippen MR) is 202 cm³/mol. The molecule has 0 aromatic heterocycles. The molecular formula is C39H53N7O7. The van der Waals surface area contributed by atoms with E-state index in [0.29, 0.717) is 25.8 Å². The van der Waals surface area contributed by atoms with Gasteiger partial charge in [0.25, 0.3) is 0 Å². The van der Waals surface area contributed by atoms with Crippen molar-refractivity contribution in [3.63, 3.8) is 0 Å². The van der Waals surface area contributed by atoms with Crippen molar-refractivity contribution in [1.82, 2.24) is 21.3 Å². The number of unbranched alkanes of at least 4 members (excludes halogenated alkanes) is 1. The molecule has 0 saturated carbocycles. The molecule has 0 radical (unpaired) electrons. The van der Waals surface area contributed by atoms with Crippen molar-refractivity contribution in [2.45, 2.75) is 50.7 Å². The van der Waals surface area contributed by atoms with Gasteiger partial charge in [0.2, 0.25) is 17.7 Å². The zero-order valence-electron chi connectivity index (χ0n) is 30.8. The van der Waals surface area contributed by atoms with Crippen LogP contribution in [0.3, 0.4) is 0 Å². The molecule has 14 heteroatoms. The summed E-state index contributed by atoms with van der Waals surface area (Å²) in [5.74, 6) is -0.651. The van der Waals surface area contributed by atoms with Gasteiger partial charge in [-0.2, -0.15) is 0 Å². The highest BCUT2D eigenvalue weighted by Crippen LogP contribution is 2.37. The van der Waals surface area contributed by atoms with Crippen LogP contribution >= 0.6 is 0 Å². The third-order valence-corrected chi connectivity index (χ3v) is 8.66. The molecular weight excluding hydrogens is 678 g/mol. The minimum absolute atomic E-state index is 0.0233. The van der Waals surface area contributed by atoms with E-state index >= 15 is 0 Å². The molecule has 0 heterocycles. The Morgan fingerprint density at radius 2 is 1.43 bits per heavy atom. The van der Waals surface area contributed by atoms with E-state index in [0.717, 1.165) is 22.4 Å². The Bertz CT molecular complexity index is 1530. The average molecular weight is 732 g/mol. The molecule has 0 aliphatic rings. The Kier molecular flexibility index (Phi) is 18.9. The number of ether oxygens (including phenoxy) is 3. The zero-order valence-corrected chi connectivity index (χ0v) is 30.8. The van der Waals surface area contributed by atoms with Crippen LogP contribution in [0.15, 0.2) is 90.0 Å². The quantitative estimate of drug-likeness (QED) is 0.0285. The van der Waals surface area contributed by atoms with Crippen molar-refractivity contribution in [3.05, 3.63) is 112 Å². The van der Waals surface area contributed by atoms with Gasteiger partial charge in [-0.25, -0.2) is 0 Å². The van der Waals surface area contributed by atoms with Crippen LogP contribution in [0.1, 0.15) is 49.8 Å². The van der Waals surface area contributed by atoms with Crippen LogP contribution in [-0.4, -0.2) is 94.7 Å². The molecule has 5 N–H and O–H groups in total. The number of nitrogens with one attached hydrogen (secondary N) is 4. The van der Waals surface area contributed by atoms with Gasteiger partial charge in [0.1, 0.15) is 25.0 Å². The second-order valence-corrected chi connectivity index (χ2v) is 12.7. The number of carbonyl (C=O) groups is 3. The number of amides is 3. The average Bonchev–Trinajstić information content (AvgIpc) is 3.18. The van der Waals surface area contributed by atoms with Gasteiger partial charge < -0.3 is 35.3 Å². The molecule has 3 rings (SSSR count). The first-order valence-corrected chi connectivity index (χ1v) is 17.9. The van der Waals surface area contributed by atoms with E-state index in [1.54, 1.807) is 7.11 Å². The molecule has 286 valence electrons. The molecule has 14 nitrogen and oxygen atoms in total. The summed E-state index contributed by atoms with van der Waals surface area (Å²) >= 11 is 0. The summed E-state index contributed by atoms with van der Waals surface area (Å²) in [6.45, 7) is 4.24. The van der Waals surface area contributed by atoms with Gasteiger partial charge in [-0.1, -0.05) is 91.8 Å². The van der Waals surface area contributed by atoms with Crippen LogP contribution in [-0.2, 0) is 29.4 Å². The molecule has 3 amide bonds. The van der Waals surface area contributed by atoms with Gasteiger partial charge in [-0.15, -0.1) is 0 Å². The number of nitrogens with zero attached hydrogens (tertiary/aromatic N) is 3. The number of hydrogen-bond acceptors (Lipinski definition) is 9. The SMILES string of the molecule is COc1ccc(C(NCCCCC(NC(=O)COCC(=O)NCCOCCN=[N+]=[N-])C(=O)NC(CO)C(C)C)(c2ccccc2)c2ccccc2)cc1. The number of hydrogen-bond donors (Lipinski definition) is 5. The second kappa shape index (κ2) is 23.6. The van der Waals surface area contributed by atoms with E-state index < -0.39 is 42.0 Å². The van der Waals surface area contributed by atoms with Crippen molar-refractivity contribution in [3.8, 4) is 5.75 Å². The molecule has 3 aromatic carbocycles. The molecule has 0 bridgehead atoms. The number of carbonyl (C=O) groups excluding carboxylic acids is 3. The normalized spacial score (nSPS) is 12.3. The van der Waals surface area contributed by atoms with Crippen LogP contribution < -0.4 is 26.0 Å². The Labute approximate surface area is 311 Å². The van der Waals surface area contributed by atoms with E-state index in [2.05, 4.69) is 67.7 Å². The topological polar surface area (TPSA) is 196 Å². The Balaban J connectivity index is 1.65. The molecule has 0 aliphatic carbocycles. The minimum Gasteiger partial charge on any atom is -0.497 e. The van der Waals surface area contributed by atoms with Gasteiger partial charge in [-0.3, -0.25) is 19.7 Å². The second-order valence-electron chi connectivity index (χ2n) is 12.7. The molecule has 53 heavy (non-hydrogen) atoms. The van der Waals surface area contributed by atoms with E-state index in [9.17, 15) is 19.5 Å². The molecule has 0 saturated heterocycles. The fraction of sp³-hybridized carbons (Fsp3) is 0.462. The fourth-order valence-corrected chi connectivity index (χ4v) is 5.79. The fourth-order valence-electron chi connectivity index (χ4n) is 5.79. The van der Waals surface area contributed by atoms with Crippen molar-refractivity contribution >= 4 is 17.7 Å². The Morgan fingerprint density at radius 1 is 0.811 bits per heavy atom. The van der Waals surface area contributed by atoms with E-state index in [1.165, 1.54) is 0 Å². The summed E-state index contributed by atoms with van der Waals surface area (Å²) in [7, 11) is 1.64. The van der Waals surface area contributed by atoms with E-state index in [4.69, 9.17) is 19.7 Å². The number of rotatable bonds is 25. The molecule has 0 aliphatic heterocycles. The smallest absolute Gasteiger partial charge is 0.246 e. The lowest BCUT2D eigenvalue weighted by Gasteiger charge is -2.37. The van der Waals surface area contributed by atoms with Gasteiger partial charge in [-0.05, 0) is 66.1 Å². The summed E-state index contributed by atoms with van der Waals surface area (Å²) in [6, 6.07) is 27.1. The first-order valence-electron chi connectivity index (χ1n) is 17.9. The number of aliphatic hydroxyl groups excluding tert-OH is 1. The van der Waals surface area contributed by atoms with Crippen molar-refractivity contribution in [2.24, 2.45) is 11.0 Å². The summed E-state index contributed by atoms with van der Waals surface area (Å²) in [6.07, 6.45) is 1.60. The third-order valence-electron chi connectivity index (χ3n) is 8.66. The highest BCUT2D eigenvalue weighted by molar-refractivity contribution is 5.88. The van der Waals surface area contributed by atoms with Crippen LogP contribution in [0.25, 0.3) is 10.4 Å². The number of benzene rings is 3. The predicted octanol–water partition coefficient (Wildman–Crippen LogP) is 3.82. The number of aliphatic hydroxyl groups is 1. The number of azide groups is 1. The van der Waals surface area contributed by atoms with Crippen LogP contribution in [0.4, 0.5) is 0 Å². The summed E-state index contributed by atoms with van der Waals surface area (Å²) in [4.78, 5) is 41.0. The Hall–Kier alpha value is -4.98. The largest absolute Gasteiger partial charge is 0.497 e. The highest BCUT2D eigenvalue weighted by atomic mass is 16.5. The minimum atomic E-state index is -0.884.